The zero-order valence-corrected chi connectivity index (χ0v) is 20.5. The Bertz CT molecular complexity index is 1330. The first-order chi connectivity index (χ1) is 16.5. The molecule has 0 aliphatic carbocycles. The van der Waals surface area contributed by atoms with Crippen LogP contribution < -0.4 is 9.64 Å². The van der Waals surface area contributed by atoms with E-state index < -0.39 is 17.7 Å². The van der Waals surface area contributed by atoms with E-state index in [2.05, 4.69) is 20.8 Å². The third kappa shape index (κ3) is 4.28. The van der Waals surface area contributed by atoms with Gasteiger partial charge in [-0.25, -0.2) is 0 Å². The first kappa shape index (κ1) is 24.1. The SMILES string of the molecule is COc1ccccc1N1C(=O)C(=O)/C(=C(/O)c2cc(C(C)(C)C)ccc2C)C1c1ccc(O)cc1. The number of ether oxygens (including phenoxy) is 1. The Morgan fingerprint density at radius 2 is 1.63 bits per heavy atom. The number of Topliss-reactive ketones (excluding diaryl/α,β-unsaturated/α-hetero) is 1. The van der Waals surface area contributed by atoms with E-state index in [9.17, 15) is 19.8 Å². The lowest BCUT2D eigenvalue weighted by Crippen LogP contribution is -2.29. The number of phenols is 1. The number of hydrogen-bond donors (Lipinski definition) is 2. The average molecular weight is 472 g/mol. The molecule has 0 bridgehead atoms. The largest absolute Gasteiger partial charge is 0.508 e. The van der Waals surface area contributed by atoms with E-state index in [0.29, 0.717) is 22.6 Å². The van der Waals surface area contributed by atoms with Crippen LogP contribution in [0.4, 0.5) is 5.69 Å². The third-order valence-corrected chi connectivity index (χ3v) is 6.36. The van der Waals surface area contributed by atoms with Crippen LogP contribution in [0, 0.1) is 6.92 Å². The number of benzene rings is 3. The number of anilines is 1. The van der Waals surface area contributed by atoms with Gasteiger partial charge in [0.25, 0.3) is 11.7 Å². The molecule has 180 valence electrons. The molecule has 0 radical (unpaired) electrons. The van der Waals surface area contributed by atoms with Gasteiger partial charge in [-0.15, -0.1) is 0 Å². The highest BCUT2D eigenvalue weighted by molar-refractivity contribution is 6.52. The van der Waals surface area contributed by atoms with E-state index in [4.69, 9.17) is 4.74 Å². The summed E-state index contributed by atoms with van der Waals surface area (Å²) in [7, 11) is 1.49. The molecule has 0 spiro atoms. The van der Waals surface area contributed by atoms with Crippen LogP contribution in [0.15, 0.2) is 72.3 Å². The van der Waals surface area contributed by atoms with Crippen molar-refractivity contribution >= 4 is 23.1 Å². The van der Waals surface area contributed by atoms with E-state index in [0.717, 1.165) is 11.1 Å². The Morgan fingerprint density at radius 1 is 0.971 bits per heavy atom. The lowest BCUT2D eigenvalue weighted by molar-refractivity contribution is -0.132. The fourth-order valence-corrected chi connectivity index (χ4v) is 4.37. The summed E-state index contributed by atoms with van der Waals surface area (Å²) in [5.74, 6) is -1.31. The second-order valence-electron chi connectivity index (χ2n) is 9.71. The fraction of sp³-hybridized carbons (Fsp3) is 0.241. The van der Waals surface area contributed by atoms with Crippen LogP contribution in [0.3, 0.4) is 0 Å². The van der Waals surface area contributed by atoms with Crippen molar-refractivity contribution in [2.45, 2.75) is 39.2 Å². The van der Waals surface area contributed by atoms with Crippen LogP contribution in [-0.4, -0.2) is 29.0 Å². The van der Waals surface area contributed by atoms with Gasteiger partial charge < -0.3 is 14.9 Å². The van der Waals surface area contributed by atoms with E-state index in [1.807, 2.05) is 25.1 Å². The van der Waals surface area contributed by atoms with Gasteiger partial charge in [-0.2, -0.15) is 0 Å². The topological polar surface area (TPSA) is 87.1 Å². The van der Waals surface area contributed by atoms with Gasteiger partial charge in [-0.1, -0.05) is 57.2 Å². The molecule has 1 aliphatic heterocycles. The van der Waals surface area contributed by atoms with E-state index in [1.165, 1.54) is 24.1 Å². The molecule has 1 unspecified atom stereocenters. The Balaban J connectivity index is 2.00. The molecule has 0 saturated carbocycles. The first-order valence-corrected chi connectivity index (χ1v) is 11.4. The number of aromatic hydroxyl groups is 1. The molecule has 1 fully saturated rings. The van der Waals surface area contributed by atoms with Crippen molar-refractivity contribution in [3.63, 3.8) is 0 Å². The van der Waals surface area contributed by atoms with Gasteiger partial charge in [0.2, 0.25) is 0 Å². The van der Waals surface area contributed by atoms with Crippen molar-refractivity contribution in [1.82, 2.24) is 0 Å². The summed E-state index contributed by atoms with van der Waals surface area (Å²) in [6, 6.07) is 18.0. The van der Waals surface area contributed by atoms with Crippen LogP contribution in [0.2, 0.25) is 0 Å². The molecular formula is C29H29NO5. The molecule has 1 heterocycles. The van der Waals surface area contributed by atoms with Gasteiger partial charge in [0, 0.05) is 5.56 Å². The molecule has 2 N–H and O–H groups in total. The standard InChI is InChI=1S/C29H29NO5/c1-17-10-13-19(29(2,3)4)16-21(17)26(32)24-25(18-11-14-20(31)15-12-18)30(28(34)27(24)33)22-8-6-7-9-23(22)35-5/h6-16,25,31-32H,1-5H3/b26-24+. The zero-order valence-electron chi connectivity index (χ0n) is 20.5. The number of phenolic OH excluding ortho intramolecular Hbond substituents is 1. The Morgan fingerprint density at radius 3 is 2.26 bits per heavy atom. The molecule has 1 atom stereocenters. The molecule has 3 aromatic rings. The summed E-state index contributed by atoms with van der Waals surface area (Å²) in [5, 5.41) is 21.4. The zero-order chi connectivity index (χ0) is 25.5. The van der Waals surface area contributed by atoms with Gasteiger partial charge in [0.05, 0.1) is 24.4 Å². The molecule has 1 saturated heterocycles. The quantitative estimate of drug-likeness (QED) is 0.292. The summed E-state index contributed by atoms with van der Waals surface area (Å²) in [4.78, 5) is 28.2. The van der Waals surface area contributed by atoms with Crippen molar-refractivity contribution in [2.75, 3.05) is 12.0 Å². The van der Waals surface area contributed by atoms with E-state index in [-0.39, 0.29) is 22.5 Å². The highest BCUT2D eigenvalue weighted by Crippen LogP contribution is 2.45. The number of ketones is 1. The summed E-state index contributed by atoms with van der Waals surface area (Å²) in [5.41, 5.74) is 3.06. The molecule has 6 heteroatoms. The molecule has 1 amide bonds. The number of methoxy groups -OCH3 is 1. The van der Waals surface area contributed by atoms with Crippen LogP contribution in [0.5, 0.6) is 11.5 Å². The Kier molecular flexibility index (Phi) is 6.15. The lowest BCUT2D eigenvalue weighted by atomic mass is 9.84. The van der Waals surface area contributed by atoms with Crippen molar-refractivity contribution in [1.29, 1.82) is 0 Å². The summed E-state index contributed by atoms with van der Waals surface area (Å²) < 4.78 is 5.47. The molecule has 35 heavy (non-hydrogen) atoms. The van der Waals surface area contributed by atoms with Crippen LogP contribution in [0.25, 0.3) is 5.76 Å². The van der Waals surface area contributed by atoms with Crippen LogP contribution in [0.1, 0.15) is 49.1 Å². The second-order valence-corrected chi connectivity index (χ2v) is 9.71. The molecule has 1 aliphatic rings. The predicted octanol–water partition coefficient (Wildman–Crippen LogP) is 5.63. The van der Waals surface area contributed by atoms with Gasteiger partial charge in [0.15, 0.2) is 0 Å². The van der Waals surface area contributed by atoms with Crippen molar-refractivity contribution in [3.8, 4) is 11.5 Å². The second kappa shape index (κ2) is 8.95. The highest BCUT2D eigenvalue weighted by Gasteiger charge is 2.48. The molecule has 4 rings (SSSR count). The average Bonchev–Trinajstić information content (AvgIpc) is 3.09. The van der Waals surface area contributed by atoms with Crippen molar-refractivity contribution in [2.24, 2.45) is 0 Å². The minimum atomic E-state index is -0.912. The number of nitrogens with zero attached hydrogens (tertiary/aromatic N) is 1. The lowest BCUT2D eigenvalue weighted by Gasteiger charge is -2.27. The molecule has 0 aromatic heterocycles. The first-order valence-electron chi connectivity index (χ1n) is 11.4. The number of carbonyl (C=O) groups is 2. The monoisotopic (exact) mass is 471 g/mol. The molecule has 3 aromatic carbocycles. The van der Waals surface area contributed by atoms with E-state index in [1.54, 1.807) is 36.4 Å². The molecular weight excluding hydrogens is 442 g/mol. The molecule has 6 nitrogen and oxygen atoms in total. The van der Waals surface area contributed by atoms with Crippen LogP contribution >= 0.6 is 0 Å². The highest BCUT2D eigenvalue weighted by atomic mass is 16.5. The number of rotatable bonds is 4. The number of aliphatic hydroxyl groups excluding tert-OH is 1. The number of amides is 1. The predicted molar refractivity (Wildman–Crippen MR) is 136 cm³/mol. The Labute approximate surface area is 205 Å². The maximum absolute atomic E-state index is 13.4. The van der Waals surface area contributed by atoms with Crippen molar-refractivity contribution < 1.29 is 24.5 Å². The maximum Gasteiger partial charge on any atom is 0.300 e. The Hall–Kier alpha value is -4.06. The minimum Gasteiger partial charge on any atom is -0.508 e. The van der Waals surface area contributed by atoms with Crippen molar-refractivity contribution in [3.05, 3.63) is 94.6 Å². The van der Waals surface area contributed by atoms with Gasteiger partial charge in [-0.3, -0.25) is 14.5 Å². The third-order valence-electron chi connectivity index (χ3n) is 6.36. The van der Waals surface area contributed by atoms with Gasteiger partial charge >= 0.3 is 0 Å². The van der Waals surface area contributed by atoms with Crippen LogP contribution in [-0.2, 0) is 15.0 Å². The number of carbonyl (C=O) groups excluding carboxylic acids is 2. The summed E-state index contributed by atoms with van der Waals surface area (Å²) in [6.45, 7) is 8.06. The number of aliphatic hydroxyl groups is 1. The number of para-hydroxylation sites is 2. The fourth-order valence-electron chi connectivity index (χ4n) is 4.37. The smallest absolute Gasteiger partial charge is 0.300 e. The maximum atomic E-state index is 13.4. The van der Waals surface area contributed by atoms with Gasteiger partial charge in [0.1, 0.15) is 17.3 Å². The normalized spacial score (nSPS) is 17.6. The van der Waals surface area contributed by atoms with E-state index >= 15 is 0 Å². The number of hydrogen-bond acceptors (Lipinski definition) is 5. The number of aryl methyl sites for hydroxylation is 1. The van der Waals surface area contributed by atoms with Gasteiger partial charge in [-0.05, 0) is 59.4 Å². The summed E-state index contributed by atoms with van der Waals surface area (Å²) >= 11 is 0. The summed E-state index contributed by atoms with van der Waals surface area (Å²) in [6.07, 6.45) is 0. The minimum absolute atomic E-state index is 0.0132.